The van der Waals surface area contributed by atoms with Crippen LogP contribution in [0.2, 0.25) is 0 Å². The van der Waals surface area contributed by atoms with E-state index < -0.39 is 16.0 Å². The zero-order valence-corrected chi connectivity index (χ0v) is 14.2. The third-order valence-electron chi connectivity index (χ3n) is 2.59. The number of rotatable bonds is 5. The van der Waals surface area contributed by atoms with Gasteiger partial charge in [-0.05, 0) is 52.7 Å². The Balaban J connectivity index is 2.28. The van der Waals surface area contributed by atoms with Crippen molar-refractivity contribution in [1.29, 1.82) is 0 Å². The molecule has 2 N–H and O–H groups in total. The van der Waals surface area contributed by atoms with E-state index >= 15 is 0 Å². The van der Waals surface area contributed by atoms with Crippen LogP contribution in [0.1, 0.15) is 10.4 Å². The lowest BCUT2D eigenvalue weighted by Crippen LogP contribution is -2.12. The number of hydrogen-bond donors (Lipinski definition) is 2. The van der Waals surface area contributed by atoms with Crippen molar-refractivity contribution in [3.8, 4) is 0 Å². The fourth-order valence-electron chi connectivity index (χ4n) is 1.66. The summed E-state index contributed by atoms with van der Waals surface area (Å²) in [5.74, 6) is -0.991. The highest BCUT2D eigenvalue weighted by molar-refractivity contribution is 9.10. The molecule has 5 nitrogen and oxygen atoms in total. The molecule has 112 valence electrons. The van der Waals surface area contributed by atoms with Gasteiger partial charge in [0, 0.05) is 9.35 Å². The van der Waals surface area contributed by atoms with Crippen LogP contribution in [0.3, 0.4) is 0 Å². The smallest absolute Gasteiger partial charge is 0.308 e. The minimum Gasteiger partial charge on any atom is -0.481 e. The third kappa shape index (κ3) is 4.05. The normalized spacial score (nSPS) is 11.3. The van der Waals surface area contributed by atoms with Gasteiger partial charge in [-0.2, -0.15) is 0 Å². The molecule has 1 heterocycles. The summed E-state index contributed by atoms with van der Waals surface area (Å²) in [6.45, 7) is 1.86. The molecular formula is C13H12BrNO4S2. The first kappa shape index (κ1) is 16.0. The maximum Gasteiger partial charge on any atom is 0.308 e. The van der Waals surface area contributed by atoms with Crippen LogP contribution in [0.15, 0.2) is 39.0 Å². The molecule has 2 aromatic rings. The molecule has 0 atom stereocenters. The molecule has 0 bridgehead atoms. The Bertz CT molecular complexity index is 783. The minimum atomic E-state index is -3.72. The Morgan fingerprint density at radius 3 is 2.71 bits per heavy atom. The van der Waals surface area contributed by atoms with Crippen LogP contribution in [0.25, 0.3) is 0 Å². The van der Waals surface area contributed by atoms with E-state index in [4.69, 9.17) is 5.11 Å². The molecule has 1 aromatic carbocycles. The van der Waals surface area contributed by atoms with Crippen molar-refractivity contribution in [2.75, 3.05) is 4.72 Å². The fraction of sp³-hybridized carbons (Fsp3) is 0.154. The van der Waals surface area contributed by atoms with E-state index in [1.54, 1.807) is 12.1 Å². The average Bonchev–Trinajstić information content (AvgIpc) is 2.82. The van der Waals surface area contributed by atoms with Gasteiger partial charge in [-0.1, -0.05) is 6.07 Å². The molecule has 21 heavy (non-hydrogen) atoms. The van der Waals surface area contributed by atoms with Crippen molar-refractivity contribution in [2.45, 2.75) is 17.6 Å². The predicted molar refractivity (Wildman–Crippen MR) is 85.3 cm³/mol. The summed E-state index contributed by atoms with van der Waals surface area (Å²) in [6.07, 6.45) is -0.186. The molecule has 0 saturated carbocycles. The van der Waals surface area contributed by atoms with Crippen molar-refractivity contribution >= 4 is 48.9 Å². The Labute approximate surface area is 134 Å². The van der Waals surface area contributed by atoms with Crippen LogP contribution in [-0.4, -0.2) is 19.5 Å². The Morgan fingerprint density at radius 1 is 1.33 bits per heavy atom. The number of anilines is 1. The summed E-state index contributed by atoms with van der Waals surface area (Å²) in [4.78, 5) is 11.1. The maximum absolute atomic E-state index is 12.3. The quantitative estimate of drug-likeness (QED) is 0.821. The summed E-state index contributed by atoms with van der Waals surface area (Å²) in [7, 11) is -3.72. The van der Waals surface area contributed by atoms with Crippen LogP contribution < -0.4 is 4.72 Å². The highest BCUT2D eigenvalue weighted by Crippen LogP contribution is 2.28. The predicted octanol–water partition coefficient (Wildman–Crippen LogP) is 3.25. The molecular weight excluding hydrogens is 378 g/mol. The molecule has 0 aliphatic carbocycles. The zero-order valence-electron chi connectivity index (χ0n) is 11.0. The maximum atomic E-state index is 12.3. The molecule has 0 aliphatic rings. The van der Waals surface area contributed by atoms with E-state index in [-0.39, 0.29) is 10.6 Å². The van der Waals surface area contributed by atoms with Gasteiger partial charge in [0.15, 0.2) is 0 Å². The van der Waals surface area contributed by atoms with Crippen molar-refractivity contribution in [1.82, 2.24) is 0 Å². The first-order valence-electron chi connectivity index (χ1n) is 5.87. The van der Waals surface area contributed by atoms with Crippen LogP contribution in [0.5, 0.6) is 0 Å². The summed E-state index contributed by atoms with van der Waals surface area (Å²) in [5.41, 5.74) is 1.37. The molecule has 2 rings (SSSR count). The van der Waals surface area contributed by atoms with E-state index in [9.17, 15) is 13.2 Å². The number of halogens is 1. The number of carboxylic acids is 1. The van der Waals surface area contributed by atoms with E-state index in [1.165, 1.54) is 12.1 Å². The van der Waals surface area contributed by atoms with Gasteiger partial charge in [0.2, 0.25) is 0 Å². The Morgan fingerprint density at radius 2 is 2.05 bits per heavy atom. The molecule has 8 heteroatoms. The lowest BCUT2D eigenvalue weighted by atomic mass is 10.2. The number of thiophene rings is 1. The van der Waals surface area contributed by atoms with E-state index in [0.717, 1.165) is 16.9 Å². The number of aryl methyl sites for hydroxylation is 1. The molecule has 0 saturated heterocycles. The van der Waals surface area contributed by atoms with Gasteiger partial charge >= 0.3 is 5.97 Å². The Hall–Kier alpha value is -1.38. The summed E-state index contributed by atoms with van der Waals surface area (Å²) < 4.78 is 27.8. The van der Waals surface area contributed by atoms with Crippen molar-refractivity contribution < 1.29 is 18.3 Å². The van der Waals surface area contributed by atoms with Gasteiger partial charge < -0.3 is 5.11 Å². The van der Waals surface area contributed by atoms with Crippen LogP contribution in [0.4, 0.5) is 5.69 Å². The standard InChI is InChI=1S/C13H12BrNO4S2/c1-8-2-4-10(14)11(6-8)15-21(18,19)13-5-3-9(20-13)7-12(16)17/h2-6,15H,7H2,1H3,(H,16,17). The minimum absolute atomic E-state index is 0.0900. The lowest BCUT2D eigenvalue weighted by Gasteiger charge is -2.09. The Kier molecular flexibility index (Phi) is 4.70. The van der Waals surface area contributed by atoms with Gasteiger partial charge in [0.25, 0.3) is 10.0 Å². The fourth-order valence-corrected chi connectivity index (χ4v) is 4.55. The molecule has 0 amide bonds. The second-order valence-corrected chi connectivity index (χ2v) is 8.31. The van der Waals surface area contributed by atoms with Gasteiger partial charge in [-0.15, -0.1) is 11.3 Å². The van der Waals surface area contributed by atoms with Crippen molar-refractivity contribution in [3.63, 3.8) is 0 Å². The van der Waals surface area contributed by atoms with Crippen molar-refractivity contribution in [2.24, 2.45) is 0 Å². The molecule has 0 unspecified atom stereocenters. The number of carboxylic acid groups (broad SMARTS) is 1. The number of carbonyl (C=O) groups is 1. The molecule has 0 radical (unpaired) electrons. The number of aliphatic carboxylic acids is 1. The second-order valence-electron chi connectivity index (χ2n) is 4.38. The van der Waals surface area contributed by atoms with Crippen LogP contribution in [-0.2, 0) is 21.2 Å². The van der Waals surface area contributed by atoms with E-state index in [2.05, 4.69) is 20.7 Å². The lowest BCUT2D eigenvalue weighted by molar-refractivity contribution is -0.136. The van der Waals surface area contributed by atoms with Gasteiger partial charge in [-0.3, -0.25) is 9.52 Å². The van der Waals surface area contributed by atoms with Gasteiger partial charge in [-0.25, -0.2) is 8.42 Å². The molecule has 0 fully saturated rings. The van der Waals surface area contributed by atoms with Crippen molar-refractivity contribution in [3.05, 3.63) is 45.2 Å². The molecule has 0 aliphatic heterocycles. The van der Waals surface area contributed by atoms with E-state index in [1.807, 2.05) is 13.0 Å². The summed E-state index contributed by atoms with van der Waals surface area (Å²) >= 11 is 4.24. The third-order valence-corrected chi connectivity index (χ3v) is 6.23. The van der Waals surface area contributed by atoms with Crippen LogP contribution in [0, 0.1) is 6.92 Å². The summed E-state index contributed by atoms with van der Waals surface area (Å²) in [5, 5.41) is 8.72. The monoisotopic (exact) mass is 389 g/mol. The van der Waals surface area contributed by atoms with Crippen LogP contribution >= 0.6 is 27.3 Å². The number of sulfonamides is 1. The first-order valence-corrected chi connectivity index (χ1v) is 8.97. The highest BCUT2D eigenvalue weighted by Gasteiger charge is 2.19. The topological polar surface area (TPSA) is 83.5 Å². The second kappa shape index (κ2) is 6.17. The largest absolute Gasteiger partial charge is 0.481 e. The van der Waals surface area contributed by atoms with Gasteiger partial charge in [0.05, 0.1) is 12.1 Å². The molecule has 1 aromatic heterocycles. The zero-order chi connectivity index (χ0) is 15.6. The average molecular weight is 390 g/mol. The summed E-state index contributed by atoms with van der Waals surface area (Å²) in [6, 6.07) is 8.26. The first-order chi connectivity index (χ1) is 9.78. The SMILES string of the molecule is Cc1ccc(Br)c(NS(=O)(=O)c2ccc(CC(=O)O)s2)c1. The van der Waals surface area contributed by atoms with E-state index in [0.29, 0.717) is 15.0 Å². The highest BCUT2D eigenvalue weighted by atomic mass is 79.9. The van der Waals surface area contributed by atoms with Gasteiger partial charge in [0.1, 0.15) is 4.21 Å². The number of benzene rings is 1. The number of nitrogens with one attached hydrogen (secondary N) is 1. The number of hydrogen-bond acceptors (Lipinski definition) is 4. The molecule has 0 spiro atoms.